The molecule has 15 heavy (non-hydrogen) atoms. The minimum atomic E-state index is -0.00934. The van der Waals surface area contributed by atoms with E-state index in [1.807, 2.05) is 11.8 Å². The first-order valence-electron chi connectivity index (χ1n) is 5.88. The van der Waals surface area contributed by atoms with Crippen LogP contribution in [0.25, 0.3) is 0 Å². The summed E-state index contributed by atoms with van der Waals surface area (Å²) in [6.45, 7) is 9.83. The van der Waals surface area contributed by atoms with Gasteiger partial charge in [-0.3, -0.25) is 0 Å². The summed E-state index contributed by atoms with van der Waals surface area (Å²) in [6, 6.07) is 0.534. The topological polar surface area (TPSA) is 21.3 Å². The molecule has 0 amide bonds. The normalized spacial score (nSPS) is 14.2. The first-order chi connectivity index (χ1) is 7.02. The summed E-state index contributed by atoms with van der Waals surface area (Å²) in [6.07, 6.45) is 2.32. The van der Waals surface area contributed by atoms with Crippen molar-refractivity contribution < 1.29 is 4.74 Å². The molecule has 0 rings (SSSR count). The standard InChI is InChI=1S/C12H27NOS/c1-6-15-9-7-8-13-11(2)10-12(3,4)14-5/h11,13H,6-10H2,1-5H3. The van der Waals surface area contributed by atoms with Crippen molar-refractivity contribution >= 4 is 11.8 Å². The van der Waals surface area contributed by atoms with E-state index in [-0.39, 0.29) is 5.60 Å². The van der Waals surface area contributed by atoms with Gasteiger partial charge in [0.25, 0.3) is 0 Å². The average molecular weight is 233 g/mol. The molecular weight excluding hydrogens is 206 g/mol. The molecule has 92 valence electrons. The Morgan fingerprint density at radius 3 is 2.60 bits per heavy atom. The summed E-state index contributed by atoms with van der Waals surface area (Å²) in [5.41, 5.74) is -0.00934. The number of nitrogens with one attached hydrogen (secondary N) is 1. The molecule has 0 bridgehead atoms. The molecule has 2 nitrogen and oxygen atoms in total. The van der Waals surface area contributed by atoms with Crippen LogP contribution in [0, 0.1) is 0 Å². The van der Waals surface area contributed by atoms with Gasteiger partial charge in [-0.05, 0) is 51.7 Å². The van der Waals surface area contributed by atoms with Gasteiger partial charge >= 0.3 is 0 Å². The number of hydrogen-bond acceptors (Lipinski definition) is 3. The first-order valence-corrected chi connectivity index (χ1v) is 7.03. The van der Waals surface area contributed by atoms with Gasteiger partial charge < -0.3 is 10.1 Å². The summed E-state index contributed by atoms with van der Waals surface area (Å²) in [5, 5.41) is 3.54. The fourth-order valence-electron chi connectivity index (χ4n) is 1.56. The molecular formula is C12H27NOS. The summed E-state index contributed by atoms with van der Waals surface area (Å²) in [5.74, 6) is 2.50. The SMILES string of the molecule is CCSCCCNC(C)CC(C)(C)OC. The van der Waals surface area contributed by atoms with Gasteiger partial charge in [-0.2, -0.15) is 11.8 Å². The third-order valence-corrected chi connectivity index (χ3v) is 3.50. The molecule has 0 aliphatic heterocycles. The second-order valence-corrected chi connectivity index (χ2v) is 5.97. The van der Waals surface area contributed by atoms with E-state index in [4.69, 9.17) is 4.74 Å². The van der Waals surface area contributed by atoms with Crippen molar-refractivity contribution in [2.24, 2.45) is 0 Å². The monoisotopic (exact) mass is 233 g/mol. The quantitative estimate of drug-likeness (QED) is 0.619. The van der Waals surface area contributed by atoms with E-state index in [1.165, 1.54) is 17.9 Å². The minimum Gasteiger partial charge on any atom is -0.379 e. The predicted octanol–water partition coefficient (Wildman–Crippen LogP) is 2.92. The number of methoxy groups -OCH3 is 1. The van der Waals surface area contributed by atoms with Crippen molar-refractivity contribution in [3.63, 3.8) is 0 Å². The molecule has 0 aliphatic carbocycles. The molecule has 0 aromatic carbocycles. The van der Waals surface area contributed by atoms with Gasteiger partial charge in [0.1, 0.15) is 0 Å². The lowest BCUT2D eigenvalue weighted by Crippen LogP contribution is -2.36. The molecule has 0 aromatic heterocycles. The van der Waals surface area contributed by atoms with E-state index in [2.05, 4.69) is 33.0 Å². The van der Waals surface area contributed by atoms with E-state index in [0.717, 1.165) is 13.0 Å². The molecule has 0 saturated heterocycles. The van der Waals surface area contributed by atoms with Crippen LogP contribution in [0.1, 0.15) is 40.5 Å². The molecule has 0 fully saturated rings. The Balaban J connectivity index is 3.45. The predicted molar refractivity (Wildman–Crippen MR) is 70.8 cm³/mol. The Labute approximate surface area is 99.5 Å². The van der Waals surface area contributed by atoms with E-state index in [0.29, 0.717) is 6.04 Å². The fraction of sp³-hybridized carbons (Fsp3) is 1.00. The van der Waals surface area contributed by atoms with Crippen LogP contribution in [-0.4, -0.2) is 36.8 Å². The molecule has 0 heterocycles. The first kappa shape index (κ1) is 15.3. The molecule has 1 atom stereocenters. The van der Waals surface area contributed by atoms with Crippen LogP contribution in [0.2, 0.25) is 0 Å². The van der Waals surface area contributed by atoms with Crippen LogP contribution >= 0.6 is 11.8 Å². The molecule has 0 aromatic rings. The lowest BCUT2D eigenvalue weighted by Gasteiger charge is -2.27. The van der Waals surface area contributed by atoms with Gasteiger partial charge in [-0.25, -0.2) is 0 Å². The smallest absolute Gasteiger partial charge is 0.0637 e. The van der Waals surface area contributed by atoms with Crippen LogP contribution in [0.5, 0.6) is 0 Å². The fourth-order valence-corrected chi connectivity index (χ4v) is 2.20. The summed E-state index contributed by atoms with van der Waals surface area (Å²) < 4.78 is 5.41. The lowest BCUT2D eigenvalue weighted by molar-refractivity contribution is 0.00863. The zero-order chi connectivity index (χ0) is 11.7. The minimum absolute atomic E-state index is 0.00934. The second-order valence-electron chi connectivity index (χ2n) is 4.57. The zero-order valence-electron chi connectivity index (χ0n) is 10.9. The van der Waals surface area contributed by atoms with E-state index < -0.39 is 0 Å². The Hall–Kier alpha value is 0.270. The summed E-state index contributed by atoms with van der Waals surface area (Å²) in [4.78, 5) is 0. The highest BCUT2D eigenvalue weighted by atomic mass is 32.2. The number of rotatable bonds is 9. The molecule has 0 saturated carbocycles. The Morgan fingerprint density at radius 1 is 1.40 bits per heavy atom. The van der Waals surface area contributed by atoms with Crippen LogP contribution in [0.4, 0.5) is 0 Å². The highest BCUT2D eigenvalue weighted by molar-refractivity contribution is 7.99. The van der Waals surface area contributed by atoms with Gasteiger partial charge in [0.2, 0.25) is 0 Å². The maximum absolute atomic E-state index is 5.41. The number of hydrogen-bond donors (Lipinski definition) is 1. The zero-order valence-corrected chi connectivity index (χ0v) is 11.7. The molecule has 0 spiro atoms. The number of thioether (sulfide) groups is 1. The largest absolute Gasteiger partial charge is 0.379 e. The Kier molecular flexibility index (Phi) is 8.58. The average Bonchev–Trinajstić information content (AvgIpc) is 2.17. The van der Waals surface area contributed by atoms with Crippen molar-refractivity contribution in [2.45, 2.75) is 52.2 Å². The molecule has 0 radical (unpaired) electrons. The Morgan fingerprint density at radius 2 is 2.07 bits per heavy atom. The summed E-state index contributed by atoms with van der Waals surface area (Å²) >= 11 is 2.01. The lowest BCUT2D eigenvalue weighted by atomic mass is 10.00. The van der Waals surface area contributed by atoms with Gasteiger partial charge in [-0.1, -0.05) is 6.92 Å². The highest BCUT2D eigenvalue weighted by Crippen LogP contribution is 2.15. The van der Waals surface area contributed by atoms with Crippen LogP contribution in [0.15, 0.2) is 0 Å². The highest BCUT2D eigenvalue weighted by Gasteiger charge is 2.19. The summed E-state index contributed by atoms with van der Waals surface area (Å²) in [7, 11) is 1.78. The van der Waals surface area contributed by atoms with Crippen LogP contribution in [0.3, 0.4) is 0 Å². The van der Waals surface area contributed by atoms with Crippen molar-refractivity contribution in [3.8, 4) is 0 Å². The van der Waals surface area contributed by atoms with Gasteiger partial charge in [-0.15, -0.1) is 0 Å². The van der Waals surface area contributed by atoms with Crippen molar-refractivity contribution in [1.29, 1.82) is 0 Å². The third kappa shape index (κ3) is 9.21. The molecule has 1 N–H and O–H groups in total. The Bertz CT molecular complexity index is 151. The molecule has 0 aliphatic rings. The molecule has 1 unspecified atom stereocenters. The van der Waals surface area contributed by atoms with Gasteiger partial charge in [0, 0.05) is 13.2 Å². The van der Waals surface area contributed by atoms with Crippen LogP contribution in [-0.2, 0) is 4.74 Å². The van der Waals surface area contributed by atoms with Gasteiger partial charge in [0.05, 0.1) is 5.60 Å². The van der Waals surface area contributed by atoms with Crippen molar-refractivity contribution in [3.05, 3.63) is 0 Å². The van der Waals surface area contributed by atoms with Crippen molar-refractivity contribution in [2.75, 3.05) is 25.2 Å². The van der Waals surface area contributed by atoms with E-state index in [9.17, 15) is 0 Å². The van der Waals surface area contributed by atoms with E-state index in [1.54, 1.807) is 7.11 Å². The molecule has 3 heteroatoms. The van der Waals surface area contributed by atoms with Gasteiger partial charge in [0.15, 0.2) is 0 Å². The van der Waals surface area contributed by atoms with E-state index >= 15 is 0 Å². The number of ether oxygens (including phenoxy) is 1. The maximum atomic E-state index is 5.41. The maximum Gasteiger partial charge on any atom is 0.0637 e. The van der Waals surface area contributed by atoms with Crippen molar-refractivity contribution in [1.82, 2.24) is 5.32 Å². The second kappa shape index (κ2) is 8.43. The third-order valence-electron chi connectivity index (χ3n) is 2.51. The van der Waals surface area contributed by atoms with Crippen LogP contribution < -0.4 is 5.32 Å².